The van der Waals surface area contributed by atoms with Crippen LogP contribution in [0.4, 0.5) is 0 Å². The molecule has 0 atom stereocenters. The molecule has 0 spiro atoms. The van der Waals surface area contributed by atoms with Crippen LogP contribution in [0.15, 0.2) is 109 Å². The summed E-state index contributed by atoms with van der Waals surface area (Å²) < 4.78 is 10.7. The molecule has 0 saturated carbocycles. The minimum Gasteiger partial charge on any atom is -0.497 e. The molecule has 0 aliphatic heterocycles. The molecule has 0 unspecified atom stereocenters. The van der Waals surface area contributed by atoms with Crippen molar-refractivity contribution in [3.05, 3.63) is 148 Å². The number of ether oxygens (including phenoxy) is 2. The molecule has 0 radical (unpaired) electrons. The Balaban J connectivity index is 0.000000141. The monoisotopic (exact) mass is 514 g/mol. The summed E-state index contributed by atoms with van der Waals surface area (Å²) in [7, 11) is 1.67. The SMILES string of the molecule is COc1ccc(C)cc1.Cc1ccc(Oc2ccc(C)cc2)cc1.Cc1ccc2c(c1)Cc1cc(C)ccc1-2. The van der Waals surface area contributed by atoms with E-state index in [9.17, 15) is 0 Å². The van der Waals surface area contributed by atoms with Crippen molar-refractivity contribution in [3.63, 3.8) is 0 Å². The van der Waals surface area contributed by atoms with Gasteiger partial charge in [0.25, 0.3) is 0 Å². The van der Waals surface area contributed by atoms with Crippen molar-refractivity contribution >= 4 is 0 Å². The second-order valence-corrected chi connectivity index (χ2v) is 10.2. The van der Waals surface area contributed by atoms with Crippen molar-refractivity contribution in [3.8, 4) is 28.4 Å². The van der Waals surface area contributed by atoms with E-state index in [1.165, 1.54) is 50.1 Å². The van der Waals surface area contributed by atoms with Crippen molar-refractivity contribution in [2.75, 3.05) is 7.11 Å². The average Bonchev–Trinajstić information content (AvgIpc) is 3.29. The number of benzene rings is 5. The maximum atomic E-state index is 5.69. The third-order valence-corrected chi connectivity index (χ3v) is 6.73. The first-order valence-corrected chi connectivity index (χ1v) is 13.4. The number of rotatable bonds is 3. The van der Waals surface area contributed by atoms with Gasteiger partial charge in [-0.2, -0.15) is 0 Å². The number of aryl methyl sites for hydroxylation is 5. The zero-order chi connectivity index (χ0) is 27.8. The highest BCUT2D eigenvalue weighted by Crippen LogP contribution is 2.37. The van der Waals surface area contributed by atoms with Crippen molar-refractivity contribution in [2.24, 2.45) is 0 Å². The fourth-order valence-corrected chi connectivity index (χ4v) is 4.49. The smallest absolute Gasteiger partial charge is 0.127 e. The summed E-state index contributed by atoms with van der Waals surface area (Å²) in [6, 6.07) is 37.6. The zero-order valence-electron chi connectivity index (χ0n) is 23.9. The van der Waals surface area contributed by atoms with E-state index >= 15 is 0 Å². The van der Waals surface area contributed by atoms with Crippen LogP contribution in [0.25, 0.3) is 11.1 Å². The Bertz CT molecular complexity index is 1400. The van der Waals surface area contributed by atoms with Crippen LogP contribution in [0, 0.1) is 34.6 Å². The molecule has 0 aromatic heterocycles. The molecule has 1 aliphatic rings. The lowest BCUT2D eigenvalue weighted by molar-refractivity contribution is 0.414. The molecule has 2 heteroatoms. The number of hydrogen-bond donors (Lipinski definition) is 0. The molecule has 0 amide bonds. The molecule has 1 aliphatic carbocycles. The van der Waals surface area contributed by atoms with Gasteiger partial charge >= 0.3 is 0 Å². The quantitative estimate of drug-likeness (QED) is 0.234. The van der Waals surface area contributed by atoms with E-state index in [4.69, 9.17) is 9.47 Å². The predicted octanol–water partition coefficient (Wildman–Crippen LogP) is 9.97. The zero-order valence-corrected chi connectivity index (χ0v) is 23.9. The van der Waals surface area contributed by atoms with Gasteiger partial charge in [0, 0.05) is 0 Å². The molecule has 0 N–H and O–H groups in total. The second-order valence-electron chi connectivity index (χ2n) is 10.2. The molecule has 0 fully saturated rings. The van der Waals surface area contributed by atoms with Crippen molar-refractivity contribution in [2.45, 2.75) is 41.0 Å². The minimum absolute atomic E-state index is 0.879. The van der Waals surface area contributed by atoms with Gasteiger partial charge < -0.3 is 9.47 Å². The Morgan fingerprint density at radius 3 is 1.10 bits per heavy atom. The predicted molar refractivity (Wildman–Crippen MR) is 164 cm³/mol. The second kappa shape index (κ2) is 13.0. The van der Waals surface area contributed by atoms with E-state index in [2.05, 4.69) is 71.0 Å². The van der Waals surface area contributed by atoms with Crippen LogP contribution in [0.5, 0.6) is 17.2 Å². The topological polar surface area (TPSA) is 18.5 Å². The van der Waals surface area contributed by atoms with Crippen LogP contribution >= 0.6 is 0 Å². The molecule has 0 bridgehead atoms. The molecular weight excluding hydrogens is 476 g/mol. The highest BCUT2D eigenvalue weighted by atomic mass is 16.5. The van der Waals surface area contributed by atoms with Gasteiger partial charge in [-0.1, -0.05) is 101 Å². The van der Waals surface area contributed by atoms with Gasteiger partial charge in [0.05, 0.1) is 7.11 Å². The summed E-state index contributed by atoms with van der Waals surface area (Å²) in [5, 5.41) is 0. The maximum absolute atomic E-state index is 5.69. The number of methoxy groups -OCH3 is 1. The molecule has 5 aromatic rings. The molecule has 0 heterocycles. The largest absolute Gasteiger partial charge is 0.497 e. The van der Waals surface area contributed by atoms with E-state index in [-0.39, 0.29) is 0 Å². The highest BCUT2D eigenvalue weighted by Gasteiger charge is 2.17. The van der Waals surface area contributed by atoms with Gasteiger partial charge in [0.15, 0.2) is 0 Å². The van der Waals surface area contributed by atoms with Crippen LogP contribution in [-0.2, 0) is 6.42 Å². The maximum Gasteiger partial charge on any atom is 0.127 e. The molecule has 2 nitrogen and oxygen atoms in total. The van der Waals surface area contributed by atoms with Gasteiger partial charge in [0.1, 0.15) is 17.2 Å². The normalized spacial score (nSPS) is 10.7. The lowest BCUT2D eigenvalue weighted by Gasteiger charge is -2.05. The molecular formula is C37H38O2. The van der Waals surface area contributed by atoms with Gasteiger partial charge in [-0.05, 0) is 99.7 Å². The van der Waals surface area contributed by atoms with E-state index in [1.807, 2.05) is 72.8 Å². The Kier molecular flexibility index (Phi) is 9.22. The van der Waals surface area contributed by atoms with Gasteiger partial charge in [-0.3, -0.25) is 0 Å². The molecule has 5 aromatic carbocycles. The molecule has 0 saturated heterocycles. The van der Waals surface area contributed by atoms with Crippen molar-refractivity contribution < 1.29 is 9.47 Å². The third-order valence-electron chi connectivity index (χ3n) is 6.73. The number of hydrogen-bond acceptors (Lipinski definition) is 2. The summed E-state index contributed by atoms with van der Waals surface area (Å²) >= 11 is 0. The standard InChI is InChI=1S/C15H14.C14H14O.C8H10O/c1-10-3-5-14-12(7-10)9-13-8-11(2)4-6-15(13)14;1-11-3-7-13(8-4-11)15-14-9-5-12(2)6-10-14;1-7-3-5-8(9-2)6-4-7/h3-8H,9H2,1-2H3;3-10H,1-2H3;3-6H,1-2H3. The molecule has 6 rings (SSSR count). The molecule has 39 heavy (non-hydrogen) atoms. The Hall–Kier alpha value is -4.30. The first kappa shape index (κ1) is 27.7. The van der Waals surface area contributed by atoms with E-state index < -0.39 is 0 Å². The minimum atomic E-state index is 0.879. The summed E-state index contributed by atoms with van der Waals surface area (Å²) in [6.45, 7) is 10.5. The van der Waals surface area contributed by atoms with Crippen LogP contribution in [0.1, 0.15) is 38.9 Å². The molecule has 198 valence electrons. The van der Waals surface area contributed by atoms with Crippen LogP contribution in [0.2, 0.25) is 0 Å². The fourth-order valence-electron chi connectivity index (χ4n) is 4.49. The highest BCUT2D eigenvalue weighted by molar-refractivity contribution is 5.77. The Morgan fingerprint density at radius 1 is 0.410 bits per heavy atom. The van der Waals surface area contributed by atoms with Crippen LogP contribution < -0.4 is 9.47 Å². The first-order valence-electron chi connectivity index (χ1n) is 13.4. The summed E-state index contributed by atoms with van der Waals surface area (Å²) in [5.74, 6) is 2.68. The lowest BCUT2D eigenvalue weighted by Crippen LogP contribution is -1.84. The summed E-state index contributed by atoms with van der Waals surface area (Å²) in [4.78, 5) is 0. The van der Waals surface area contributed by atoms with E-state index in [0.717, 1.165) is 23.7 Å². The van der Waals surface area contributed by atoms with E-state index in [0.29, 0.717) is 0 Å². The summed E-state index contributed by atoms with van der Waals surface area (Å²) in [6.07, 6.45) is 1.11. The number of fused-ring (bicyclic) bond motifs is 3. The Morgan fingerprint density at radius 2 is 0.744 bits per heavy atom. The Labute approximate surface area is 233 Å². The first-order chi connectivity index (χ1) is 18.8. The van der Waals surface area contributed by atoms with Crippen LogP contribution in [-0.4, -0.2) is 7.11 Å². The summed E-state index contributed by atoms with van der Waals surface area (Å²) in [5.41, 5.74) is 12.3. The third kappa shape index (κ3) is 7.85. The van der Waals surface area contributed by atoms with E-state index in [1.54, 1.807) is 7.11 Å². The van der Waals surface area contributed by atoms with Crippen molar-refractivity contribution in [1.82, 2.24) is 0 Å². The van der Waals surface area contributed by atoms with Gasteiger partial charge in [0.2, 0.25) is 0 Å². The van der Waals surface area contributed by atoms with Crippen LogP contribution in [0.3, 0.4) is 0 Å². The lowest BCUT2D eigenvalue weighted by atomic mass is 10.0. The van der Waals surface area contributed by atoms with Gasteiger partial charge in [-0.15, -0.1) is 0 Å². The fraction of sp³-hybridized carbons (Fsp3) is 0.189. The van der Waals surface area contributed by atoms with Crippen molar-refractivity contribution in [1.29, 1.82) is 0 Å². The average molecular weight is 515 g/mol. The van der Waals surface area contributed by atoms with Gasteiger partial charge in [-0.25, -0.2) is 0 Å².